The second-order valence-electron chi connectivity index (χ2n) is 6.39. The van der Waals surface area contributed by atoms with Gasteiger partial charge in [-0.05, 0) is 29.8 Å². The van der Waals surface area contributed by atoms with Gasteiger partial charge in [0.1, 0.15) is 5.82 Å². The Kier molecular flexibility index (Phi) is 5.20. The predicted molar refractivity (Wildman–Crippen MR) is 112 cm³/mol. The molecular formula is C22H22N4O3. The zero-order chi connectivity index (χ0) is 20.2. The molecule has 0 aliphatic carbocycles. The Hall–Kier alpha value is -3.74. The van der Waals surface area contributed by atoms with Crippen molar-refractivity contribution in [3.63, 3.8) is 0 Å². The number of aromatic nitrogens is 3. The van der Waals surface area contributed by atoms with Gasteiger partial charge in [-0.1, -0.05) is 30.3 Å². The lowest BCUT2D eigenvalue weighted by atomic mass is 10.1. The number of imidazole rings is 1. The van der Waals surface area contributed by atoms with E-state index in [0.29, 0.717) is 23.8 Å². The molecule has 148 valence electrons. The van der Waals surface area contributed by atoms with Gasteiger partial charge in [0.25, 0.3) is 0 Å². The summed E-state index contributed by atoms with van der Waals surface area (Å²) < 4.78 is 18.1. The Morgan fingerprint density at radius 1 is 0.897 bits per heavy atom. The summed E-state index contributed by atoms with van der Waals surface area (Å²) in [7, 11) is 4.80. The molecule has 29 heavy (non-hydrogen) atoms. The van der Waals surface area contributed by atoms with E-state index in [-0.39, 0.29) is 0 Å². The van der Waals surface area contributed by atoms with E-state index in [1.54, 1.807) is 21.3 Å². The Bertz CT molecular complexity index is 1100. The number of rotatable bonds is 7. The van der Waals surface area contributed by atoms with Crippen molar-refractivity contribution in [1.82, 2.24) is 14.6 Å². The molecule has 2 heterocycles. The van der Waals surface area contributed by atoms with Crippen molar-refractivity contribution in [2.45, 2.75) is 6.54 Å². The van der Waals surface area contributed by atoms with Gasteiger partial charge in [-0.25, -0.2) is 9.50 Å². The smallest absolute Gasteiger partial charge is 0.203 e. The van der Waals surface area contributed by atoms with Gasteiger partial charge < -0.3 is 19.5 Å². The highest BCUT2D eigenvalue weighted by Crippen LogP contribution is 2.38. The SMILES string of the molecule is COc1cc(CNc2ccc3ncc(-c4ccccc4)n3n2)cc(OC)c1OC. The summed E-state index contributed by atoms with van der Waals surface area (Å²) in [4.78, 5) is 4.44. The first-order valence-corrected chi connectivity index (χ1v) is 9.16. The van der Waals surface area contributed by atoms with Crippen molar-refractivity contribution >= 4 is 11.5 Å². The van der Waals surface area contributed by atoms with Crippen molar-refractivity contribution in [1.29, 1.82) is 0 Å². The molecule has 0 aliphatic rings. The first kappa shape index (κ1) is 18.6. The fourth-order valence-corrected chi connectivity index (χ4v) is 3.20. The summed E-state index contributed by atoms with van der Waals surface area (Å²) in [6.45, 7) is 0.546. The lowest BCUT2D eigenvalue weighted by molar-refractivity contribution is 0.324. The maximum absolute atomic E-state index is 5.42. The molecular weight excluding hydrogens is 368 g/mol. The number of anilines is 1. The molecule has 0 radical (unpaired) electrons. The third-order valence-electron chi connectivity index (χ3n) is 4.63. The van der Waals surface area contributed by atoms with Gasteiger partial charge in [0.2, 0.25) is 5.75 Å². The highest BCUT2D eigenvalue weighted by Gasteiger charge is 2.13. The van der Waals surface area contributed by atoms with Gasteiger partial charge >= 0.3 is 0 Å². The standard InChI is InChI=1S/C22H22N4O3/c1-27-18-11-15(12-19(28-2)22(18)29-3)13-23-20-9-10-21-24-14-17(26(21)25-20)16-7-5-4-6-8-16/h4-12,14H,13H2,1-3H3,(H,23,25). The highest BCUT2D eigenvalue weighted by atomic mass is 16.5. The van der Waals surface area contributed by atoms with Gasteiger partial charge in [0.05, 0.1) is 33.2 Å². The Morgan fingerprint density at radius 2 is 1.62 bits per heavy atom. The molecule has 4 rings (SSSR count). The number of nitrogens with one attached hydrogen (secondary N) is 1. The van der Waals surface area contributed by atoms with E-state index in [1.165, 1.54) is 0 Å². The highest BCUT2D eigenvalue weighted by molar-refractivity contribution is 5.63. The van der Waals surface area contributed by atoms with Crippen LogP contribution in [-0.4, -0.2) is 35.9 Å². The van der Waals surface area contributed by atoms with Crippen molar-refractivity contribution in [2.75, 3.05) is 26.6 Å². The van der Waals surface area contributed by atoms with E-state index in [1.807, 2.05) is 65.3 Å². The fraction of sp³-hybridized carbons (Fsp3) is 0.182. The van der Waals surface area contributed by atoms with E-state index in [9.17, 15) is 0 Å². The minimum atomic E-state index is 0.546. The van der Waals surface area contributed by atoms with Crippen molar-refractivity contribution in [2.24, 2.45) is 0 Å². The number of nitrogens with zero attached hydrogens (tertiary/aromatic N) is 3. The third kappa shape index (κ3) is 3.67. The van der Waals surface area contributed by atoms with E-state index < -0.39 is 0 Å². The van der Waals surface area contributed by atoms with Crippen LogP contribution < -0.4 is 19.5 Å². The first-order valence-electron chi connectivity index (χ1n) is 9.16. The molecule has 4 aromatic rings. The van der Waals surface area contributed by atoms with E-state index >= 15 is 0 Å². The molecule has 1 N–H and O–H groups in total. The minimum Gasteiger partial charge on any atom is -0.493 e. The van der Waals surface area contributed by atoms with E-state index in [4.69, 9.17) is 19.3 Å². The first-order chi connectivity index (χ1) is 14.2. The average Bonchev–Trinajstić information content (AvgIpc) is 3.20. The van der Waals surface area contributed by atoms with Crippen LogP contribution in [0.4, 0.5) is 5.82 Å². The van der Waals surface area contributed by atoms with Crippen LogP contribution in [-0.2, 0) is 6.54 Å². The molecule has 0 atom stereocenters. The van der Waals surface area contributed by atoms with Gasteiger partial charge in [0.15, 0.2) is 17.1 Å². The Morgan fingerprint density at radius 3 is 2.28 bits per heavy atom. The summed E-state index contributed by atoms with van der Waals surface area (Å²) in [5.41, 5.74) is 3.78. The maximum Gasteiger partial charge on any atom is 0.203 e. The molecule has 7 heteroatoms. The summed E-state index contributed by atoms with van der Waals surface area (Å²) in [6.07, 6.45) is 1.83. The molecule has 0 bridgehead atoms. The number of hydrogen-bond acceptors (Lipinski definition) is 6. The molecule has 0 unspecified atom stereocenters. The van der Waals surface area contributed by atoms with Crippen LogP contribution in [0.25, 0.3) is 16.9 Å². The molecule has 2 aromatic heterocycles. The van der Waals surface area contributed by atoms with E-state index in [2.05, 4.69) is 10.3 Å². The largest absolute Gasteiger partial charge is 0.493 e. The topological polar surface area (TPSA) is 69.9 Å². The van der Waals surface area contributed by atoms with Crippen LogP contribution in [0.1, 0.15) is 5.56 Å². The molecule has 0 saturated heterocycles. The molecule has 7 nitrogen and oxygen atoms in total. The normalized spacial score (nSPS) is 10.7. The van der Waals surface area contributed by atoms with Crippen LogP contribution in [0.2, 0.25) is 0 Å². The monoisotopic (exact) mass is 390 g/mol. The number of benzene rings is 2. The lowest BCUT2D eigenvalue weighted by Crippen LogP contribution is -2.05. The Balaban J connectivity index is 1.61. The van der Waals surface area contributed by atoms with Crippen LogP contribution in [0, 0.1) is 0 Å². The van der Waals surface area contributed by atoms with Crippen LogP contribution in [0.15, 0.2) is 60.8 Å². The average molecular weight is 390 g/mol. The van der Waals surface area contributed by atoms with Gasteiger partial charge in [-0.3, -0.25) is 0 Å². The van der Waals surface area contributed by atoms with Gasteiger partial charge in [-0.15, -0.1) is 5.10 Å². The maximum atomic E-state index is 5.42. The minimum absolute atomic E-state index is 0.546. The fourth-order valence-electron chi connectivity index (χ4n) is 3.20. The van der Waals surface area contributed by atoms with Crippen molar-refractivity contribution in [3.05, 3.63) is 66.4 Å². The summed E-state index contributed by atoms with van der Waals surface area (Å²) >= 11 is 0. The summed E-state index contributed by atoms with van der Waals surface area (Å²) in [5.74, 6) is 2.55. The van der Waals surface area contributed by atoms with Crippen LogP contribution >= 0.6 is 0 Å². The third-order valence-corrected chi connectivity index (χ3v) is 4.63. The van der Waals surface area contributed by atoms with Crippen LogP contribution in [0.3, 0.4) is 0 Å². The zero-order valence-electron chi connectivity index (χ0n) is 16.5. The van der Waals surface area contributed by atoms with Gasteiger partial charge in [-0.2, -0.15) is 0 Å². The van der Waals surface area contributed by atoms with Gasteiger partial charge in [0, 0.05) is 12.1 Å². The summed E-state index contributed by atoms with van der Waals surface area (Å²) in [5, 5.41) is 8.05. The molecule has 0 amide bonds. The molecule has 0 aliphatic heterocycles. The number of ether oxygens (including phenoxy) is 3. The summed E-state index contributed by atoms with van der Waals surface area (Å²) in [6, 6.07) is 17.8. The zero-order valence-corrected chi connectivity index (χ0v) is 16.5. The molecule has 0 saturated carbocycles. The number of methoxy groups -OCH3 is 3. The second-order valence-corrected chi connectivity index (χ2v) is 6.39. The molecule has 0 spiro atoms. The second kappa shape index (κ2) is 8.10. The Labute approximate surface area is 168 Å². The molecule has 0 fully saturated rings. The van der Waals surface area contributed by atoms with E-state index in [0.717, 1.165) is 28.3 Å². The lowest BCUT2D eigenvalue weighted by Gasteiger charge is -2.14. The predicted octanol–water partition coefficient (Wildman–Crippen LogP) is 4.03. The van der Waals surface area contributed by atoms with Crippen LogP contribution in [0.5, 0.6) is 17.2 Å². The van der Waals surface area contributed by atoms with Crippen molar-refractivity contribution in [3.8, 4) is 28.5 Å². The quantitative estimate of drug-likeness (QED) is 0.514. The van der Waals surface area contributed by atoms with Crippen molar-refractivity contribution < 1.29 is 14.2 Å². The number of fused-ring (bicyclic) bond motifs is 1. The number of hydrogen-bond donors (Lipinski definition) is 1. The molecule has 2 aromatic carbocycles.